The Morgan fingerprint density at radius 2 is 1.65 bits per heavy atom. The third-order valence-corrected chi connectivity index (χ3v) is 5.75. The monoisotopic (exact) mass is 330 g/mol. The lowest BCUT2D eigenvalue weighted by Crippen LogP contribution is -2.40. The van der Waals surface area contributed by atoms with Gasteiger partial charge in [0.2, 0.25) is 10.0 Å². The lowest BCUT2D eigenvalue weighted by Gasteiger charge is -2.36. The number of piperidine rings is 1. The molecule has 0 saturated carbocycles. The summed E-state index contributed by atoms with van der Waals surface area (Å²) < 4.78 is 26.8. The summed E-state index contributed by atoms with van der Waals surface area (Å²) in [7, 11) is -3.27. The Hall–Kier alpha value is -1.43. The first-order chi connectivity index (χ1) is 11.0. The van der Waals surface area contributed by atoms with E-state index in [4.69, 9.17) is 0 Å². The third kappa shape index (κ3) is 2.67. The van der Waals surface area contributed by atoms with E-state index >= 15 is 0 Å². The van der Waals surface area contributed by atoms with E-state index in [1.165, 1.54) is 41.9 Å². The standard InChI is InChI=1S/C18H22N2O2S/c1-23(21,22)19-17-14-9-5-7-13-8-6-10-15(16(13)14)18(17)20-11-3-2-4-12-20/h5-10,17-19H,2-4,11-12H2,1H3/t17-,18+/m1/s1. The Kier molecular flexibility index (Phi) is 3.67. The molecule has 23 heavy (non-hydrogen) atoms. The molecule has 1 heterocycles. The molecular weight excluding hydrogens is 308 g/mol. The Labute approximate surface area is 137 Å². The molecular formula is C18H22N2O2S. The second-order valence-electron chi connectivity index (χ2n) is 6.70. The van der Waals surface area contributed by atoms with Crippen molar-refractivity contribution < 1.29 is 8.42 Å². The van der Waals surface area contributed by atoms with Crippen molar-refractivity contribution in [3.63, 3.8) is 0 Å². The predicted octanol–water partition coefficient (Wildman–Crippen LogP) is 2.97. The van der Waals surface area contributed by atoms with Gasteiger partial charge in [0.05, 0.1) is 18.3 Å². The van der Waals surface area contributed by atoms with Crippen molar-refractivity contribution in [2.24, 2.45) is 0 Å². The first-order valence-electron chi connectivity index (χ1n) is 8.27. The van der Waals surface area contributed by atoms with E-state index in [9.17, 15) is 8.42 Å². The molecule has 0 bridgehead atoms. The summed E-state index contributed by atoms with van der Waals surface area (Å²) in [5.41, 5.74) is 2.38. The Morgan fingerprint density at radius 1 is 1.00 bits per heavy atom. The molecule has 2 atom stereocenters. The van der Waals surface area contributed by atoms with E-state index in [0.717, 1.165) is 18.7 Å². The van der Waals surface area contributed by atoms with Crippen LogP contribution in [0.5, 0.6) is 0 Å². The molecule has 4 nitrogen and oxygen atoms in total. The molecule has 1 saturated heterocycles. The minimum atomic E-state index is -3.27. The number of benzene rings is 2. The van der Waals surface area contributed by atoms with Crippen molar-refractivity contribution in [1.82, 2.24) is 9.62 Å². The highest BCUT2D eigenvalue weighted by molar-refractivity contribution is 7.88. The minimum absolute atomic E-state index is 0.103. The van der Waals surface area contributed by atoms with E-state index < -0.39 is 10.0 Å². The van der Waals surface area contributed by atoms with Crippen molar-refractivity contribution in [2.45, 2.75) is 31.3 Å². The summed E-state index contributed by atoms with van der Waals surface area (Å²) in [6.45, 7) is 2.08. The highest BCUT2D eigenvalue weighted by atomic mass is 32.2. The van der Waals surface area contributed by atoms with Crippen LogP contribution in [0.4, 0.5) is 0 Å². The molecule has 1 aliphatic heterocycles. The van der Waals surface area contributed by atoms with Crippen LogP contribution in [0.25, 0.3) is 10.8 Å². The van der Waals surface area contributed by atoms with Crippen molar-refractivity contribution in [3.05, 3.63) is 47.5 Å². The molecule has 1 N–H and O–H groups in total. The number of hydrogen-bond acceptors (Lipinski definition) is 3. The van der Waals surface area contributed by atoms with E-state index in [1.54, 1.807) is 0 Å². The van der Waals surface area contributed by atoms with Crippen molar-refractivity contribution >= 4 is 20.8 Å². The molecule has 2 aromatic rings. The topological polar surface area (TPSA) is 49.4 Å². The van der Waals surface area contributed by atoms with Crippen LogP contribution in [0.1, 0.15) is 42.5 Å². The maximum Gasteiger partial charge on any atom is 0.209 e. The lowest BCUT2D eigenvalue weighted by molar-refractivity contribution is 0.143. The van der Waals surface area contributed by atoms with Crippen LogP contribution >= 0.6 is 0 Å². The molecule has 4 rings (SSSR count). The molecule has 0 radical (unpaired) electrons. The molecule has 2 aliphatic rings. The Bertz CT molecular complexity index is 836. The number of sulfonamides is 1. The number of nitrogens with one attached hydrogen (secondary N) is 1. The number of nitrogens with zero attached hydrogens (tertiary/aromatic N) is 1. The summed E-state index contributed by atoms with van der Waals surface area (Å²) >= 11 is 0. The van der Waals surface area contributed by atoms with Gasteiger partial charge in [-0.2, -0.15) is 0 Å². The number of hydrogen-bond donors (Lipinski definition) is 1. The predicted molar refractivity (Wildman–Crippen MR) is 92.8 cm³/mol. The zero-order valence-corrected chi connectivity index (χ0v) is 14.1. The molecule has 0 spiro atoms. The van der Waals surface area contributed by atoms with Crippen LogP contribution in [0.2, 0.25) is 0 Å². The zero-order valence-electron chi connectivity index (χ0n) is 13.3. The molecule has 122 valence electrons. The van der Waals surface area contributed by atoms with Gasteiger partial charge >= 0.3 is 0 Å². The second-order valence-corrected chi connectivity index (χ2v) is 8.48. The SMILES string of the molecule is CS(=O)(=O)N[C@@H]1c2cccc3cccc(c23)[C@@H]1N1CCCCC1. The van der Waals surface area contributed by atoms with Gasteiger partial charge in [-0.25, -0.2) is 13.1 Å². The molecule has 2 aromatic carbocycles. The molecule has 5 heteroatoms. The molecule has 0 unspecified atom stereocenters. The van der Waals surface area contributed by atoms with Crippen LogP contribution in [0.3, 0.4) is 0 Å². The summed E-state index contributed by atoms with van der Waals surface area (Å²) in [6, 6.07) is 12.5. The summed E-state index contributed by atoms with van der Waals surface area (Å²) in [5.74, 6) is 0. The minimum Gasteiger partial charge on any atom is -0.294 e. The normalized spacial score (nSPS) is 25.1. The molecule has 1 aliphatic carbocycles. The average molecular weight is 330 g/mol. The average Bonchev–Trinajstić information content (AvgIpc) is 2.83. The van der Waals surface area contributed by atoms with Crippen molar-refractivity contribution in [2.75, 3.05) is 19.3 Å². The first kappa shape index (κ1) is 15.1. The van der Waals surface area contributed by atoms with Crippen LogP contribution in [-0.4, -0.2) is 32.7 Å². The van der Waals surface area contributed by atoms with Gasteiger partial charge in [0.1, 0.15) is 0 Å². The maximum absolute atomic E-state index is 12.0. The molecule has 1 fully saturated rings. The van der Waals surface area contributed by atoms with Gasteiger partial charge in [-0.15, -0.1) is 0 Å². The quantitative estimate of drug-likeness (QED) is 0.941. The first-order valence-corrected chi connectivity index (χ1v) is 10.2. The zero-order chi connectivity index (χ0) is 16.0. The van der Waals surface area contributed by atoms with Gasteiger partial charge in [-0.3, -0.25) is 4.90 Å². The van der Waals surface area contributed by atoms with Crippen LogP contribution in [0.15, 0.2) is 36.4 Å². The fourth-order valence-corrected chi connectivity index (χ4v) is 4.93. The summed E-state index contributed by atoms with van der Waals surface area (Å²) in [5, 5.41) is 2.42. The highest BCUT2D eigenvalue weighted by Crippen LogP contribution is 2.47. The summed E-state index contributed by atoms with van der Waals surface area (Å²) in [6.07, 6.45) is 4.90. The van der Waals surface area contributed by atoms with E-state index in [-0.39, 0.29) is 12.1 Å². The van der Waals surface area contributed by atoms with Gasteiger partial charge in [0.15, 0.2) is 0 Å². The van der Waals surface area contributed by atoms with E-state index in [0.29, 0.717) is 0 Å². The molecule has 0 aromatic heterocycles. The highest BCUT2D eigenvalue weighted by Gasteiger charge is 2.39. The van der Waals surface area contributed by atoms with Crippen LogP contribution in [-0.2, 0) is 10.0 Å². The van der Waals surface area contributed by atoms with E-state index in [1.807, 2.05) is 6.07 Å². The number of rotatable bonds is 3. The number of likely N-dealkylation sites (tertiary alicyclic amines) is 1. The van der Waals surface area contributed by atoms with Crippen LogP contribution < -0.4 is 4.72 Å². The van der Waals surface area contributed by atoms with Gasteiger partial charge in [0.25, 0.3) is 0 Å². The van der Waals surface area contributed by atoms with E-state index in [2.05, 4.69) is 40.0 Å². The van der Waals surface area contributed by atoms with Crippen molar-refractivity contribution in [3.8, 4) is 0 Å². The van der Waals surface area contributed by atoms with Gasteiger partial charge in [0, 0.05) is 0 Å². The Balaban J connectivity index is 1.87. The van der Waals surface area contributed by atoms with Crippen LogP contribution in [0, 0.1) is 0 Å². The Morgan fingerprint density at radius 3 is 2.30 bits per heavy atom. The lowest BCUT2D eigenvalue weighted by atomic mass is 10.0. The largest absolute Gasteiger partial charge is 0.294 e. The van der Waals surface area contributed by atoms with Gasteiger partial charge in [-0.1, -0.05) is 42.8 Å². The van der Waals surface area contributed by atoms with Gasteiger partial charge < -0.3 is 0 Å². The smallest absolute Gasteiger partial charge is 0.209 e. The fourth-order valence-electron chi connectivity index (χ4n) is 4.22. The van der Waals surface area contributed by atoms with Gasteiger partial charge in [-0.05, 0) is 47.8 Å². The fraction of sp³-hybridized carbons (Fsp3) is 0.444. The third-order valence-electron chi connectivity index (χ3n) is 5.06. The van der Waals surface area contributed by atoms with Crippen molar-refractivity contribution in [1.29, 1.82) is 0 Å². The summed E-state index contributed by atoms with van der Waals surface area (Å²) in [4.78, 5) is 2.46. The molecule has 0 amide bonds. The maximum atomic E-state index is 12.0. The second kappa shape index (κ2) is 5.58.